The van der Waals surface area contributed by atoms with Crippen LogP contribution in [-0.4, -0.2) is 65.5 Å². The molecule has 0 fully saturated rings. The van der Waals surface area contributed by atoms with Gasteiger partial charge in [0.25, 0.3) is 0 Å². The smallest absolute Gasteiger partial charge is 0.350 e. The summed E-state index contributed by atoms with van der Waals surface area (Å²) in [5.74, 6) is -1.67. The highest BCUT2D eigenvalue weighted by Gasteiger charge is 2.31. The molecule has 0 rings (SSSR count). The number of carbonyl (C=O) groups is 1. The molecule has 0 aromatic rings. The summed E-state index contributed by atoms with van der Waals surface area (Å²) in [6, 6.07) is 0. The molecular weight excluding hydrogens is 318 g/mol. The van der Waals surface area contributed by atoms with Crippen molar-refractivity contribution in [3.8, 4) is 0 Å². The lowest BCUT2D eigenvalue weighted by Gasteiger charge is -2.24. The first kappa shape index (κ1) is 19.7. The fourth-order valence-corrected chi connectivity index (χ4v) is 3.07. The summed E-state index contributed by atoms with van der Waals surface area (Å²) in [5, 5.41) is 17.8. The zero-order chi connectivity index (χ0) is 16.2. The zero-order valence-corrected chi connectivity index (χ0v) is 12.2. The van der Waals surface area contributed by atoms with Crippen LogP contribution in [0, 0.1) is 0 Å². The molecule has 0 aromatic heterocycles. The minimum atomic E-state index is -4.54. The number of nitrogens with zero attached hydrogens (tertiary/aromatic N) is 1. The monoisotopic (exact) mass is 336 g/mol. The highest BCUT2D eigenvalue weighted by molar-refractivity contribution is 7.52. The Kier molecular flexibility index (Phi) is 6.95. The zero-order valence-electron chi connectivity index (χ0n) is 10.4. The van der Waals surface area contributed by atoms with Crippen molar-refractivity contribution >= 4 is 21.2 Å². The molecule has 1 atom stereocenters. The first-order valence-corrected chi connectivity index (χ1v) is 8.89. The van der Waals surface area contributed by atoms with Crippen molar-refractivity contribution in [2.75, 3.05) is 19.1 Å². The van der Waals surface area contributed by atoms with E-state index in [4.69, 9.17) is 30.4 Å². The molecule has 0 aliphatic carbocycles. The summed E-state index contributed by atoms with van der Waals surface area (Å²) < 4.78 is 21.7. The average Bonchev–Trinajstić information content (AvgIpc) is 2.10. The van der Waals surface area contributed by atoms with Gasteiger partial charge in [0.1, 0.15) is 12.6 Å². The Labute approximate surface area is 114 Å². The van der Waals surface area contributed by atoms with Crippen LogP contribution < -0.4 is 5.73 Å². The quantitative estimate of drug-likeness (QED) is 0.182. The summed E-state index contributed by atoms with van der Waals surface area (Å²) in [5.41, 5.74) is 2.53. The predicted octanol–water partition coefficient (Wildman–Crippen LogP) is -1.93. The van der Waals surface area contributed by atoms with Gasteiger partial charge in [-0.15, -0.1) is 0 Å². The first-order valence-electron chi connectivity index (χ1n) is 5.29. The number of rotatable bonds is 9. The van der Waals surface area contributed by atoms with E-state index < -0.39 is 45.9 Å². The Morgan fingerprint density at radius 3 is 1.80 bits per heavy atom. The van der Waals surface area contributed by atoms with Gasteiger partial charge in [-0.3, -0.25) is 19.8 Å². The molecule has 0 amide bonds. The number of carboxylic acids is 1. The summed E-state index contributed by atoms with van der Waals surface area (Å²) >= 11 is 0. The van der Waals surface area contributed by atoms with Crippen LogP contribution >= 0.6 is 15.2 Å². The van der Waals surface area contributed by atoms with E-state index in [1.807, 2.05) is 0 Å². The molecule has 8 N–H and O–H groups in total. The second-order valence-electron chi connectivity index (χ2n) is 4.34. The third kappa shape index (κ3) is 9.54. The maximum atomic E-state index is 10.8. The number of hydrogen-bond acceptors (Lipinski definition) is 6. The van der Waals surface area contributed by atoms with Gasteiger partial charge < -0.3 is 29.8 Å². The van der Waals surface area contributed by atoms with Crippen molar-refractivity contribution in [3.05, 3.63) is 0 Å². The van der Waals surface area contributed by atoms with Gasteiger partial charge in [-0.05, 0) is 13.0 Å². The van der Waals surface area contributed by atoms with Crippen LogP contribution in [0.4, 0.5) is 0 Å². The first-order chi connectivity index (χ1) is 8.73. The molecule has 0 bridgehead atoms. The maximum Gasteiger partial charge on any atom is 0.350 e. The molecule has 0 aromatic carbocycles. The van der Waals surface area contributed by atoms with Crippen molar-refractivity contribution < 1.29 is 43.7 Å². The van der Waals surface area contributed by atoms with Gasteiger partial charge in [-0.1, -0.05) is 0 Å². The van der Waals surface area contributed by atoms with E-state index >= 15 is 0 Å². The fourth-order valence-electron chi connectivity index (χ4n) is 1.39. The molecule has 13 heteroatoms. The molecule has 0 spiro atoms. The molecule has 0 heterocycles. The third-order valence-electron chi connectivity index (χ3n) is 2.17. The van der Waals surface area contributed by atoms with Gasteiger partial charge >= 0.3 is 21.2 Å². The van der Waals surface area contributed by atoms with Crippen LogP contribution in [0.15, 0.2) is 0 Å². The number of aliphatic hydroxyl groups is 1. The van der Waals surface area contributed by atoms with E-state index in [1.165, 1.54) is 0 Å². The number of carboxylic acid groups (broad SMARTS) is 1. The van der Waals surface area contributed by atoms with Gasteiger partial charge in [0.15, 0.2) is 0 Å². The number of aliphatic carboxylic acids is 1. The minimum Gasteiger partial charge on any atom is -0.478 e. The van der Waals surface area contributed by atoms with E-state index in [9.17, 15) is 19.0 Å². The van der Waals surface area contributed by atoms with Crippen molar-refractivity contribution in [1.82, 2.24) is 4.90 Å². The van der Waals surface area contributed by atoms with Gasteiger partial charge in [-0.25, -0.2) is 4.79 Å². The highest BCUT2D eigenvalue weighted by Crippen LogP contribution is 2.40. The normalized spacial score (nSPS) is 16.1. The Balaban J connectivity index is 4.56. The second-order valence-corrected chi connectivity index (χ2v) is 7.56. The van der Waals surface area contributed by atoms with Crippen molar-refractivity contribution in [1.29, 1.82) is 0 Å². The van der Waals surface area contributed by atoms with Crippen molar-refractivity contribution in [2.45, 2.75) is 18.6 Å². The van der Waals surface area contributed by atoms with E-state index in [-0.39, 0.29) is 13.0 Å². The molecule has 120 valence electrons. The molecule has 0 aliphatic rings. The topological polar surface area (TPSA) is 202 Å². The van der Waals surface area contributed by atoms with Crippen LogP contribution in [0.25, 0.3) is 0 Å². The van der Waals surface area contributed by atoms with E-state index in [1.54, 1.807) is 0 Å². The van der Waals surface area contributed by atoms with Crippen LogP contribution in [0.2, 0.25) is 0 Å². The van der Waals surface area contributed by atoms with Gasteiger partial charge in [0.2, 0.25) is 5.72 Å². The van der Waals surface area contributed by atoms with E-state index in [0.29, 0.717) is 0 Å². The SMILES string of the molecule is NC(O)(CCCN(CP(=O)(O)O)CP(=O)(O)O)C(=O)O. The number of hydrogen-bond donors (Lipinski definition) is 7. The van der Waals surface area contributed by atoms with Crippen LogP contribution in [0.3, 0.4) is 0 Å². The molecular formula is C7H18N2O9P2. The molecule has 0 saturated heterocycles. The molecule has 20 heavy (non-hydrogen) atoms. The fraction of sp³-hybridized carbons (Fsp3) is 0.857. The molecule has 0 radical (unpaired) electrons. The standard InChI is InChI=1S/C7H18N2O9P2/c8-7(12,6(10)11)2-1-3-9(4-19(13,14)15)5-20(16,17)18/h12H,1-5,8H2,(H,10,11)(H2,13,14,15)(H2,16,17,18). The average molecular weight is 336 g/mol. The molecule has 1 unspecified atom stereocenters. The third-order valence-corrected chi connectivity index (χ3v) is 3.71. The Morgan fingerprint density at radius 1 is 1.10 bits per heavy atom. The van der Waals surface area contributed by atoms with Gasteiger partial charge in [0.05, 0.1) is 0 Å². The Morgan fingerprint density at radius 2 is 1.50 bits per heavy atom. The van der Waals surface area contributed by atoms with Crippen LogP contribution in [0.1, 0.15) is 12.8 Å². The highest BCUT2D eigenvalue weighted by atomic mass is 31.2. The lowest BCUT2D eigenvalue weighted by Crippen LogP contribution is -2.48. The van der Waals surface area contributed by atoms with Crippen molar-refractivity contribution in [2.24, 2.45) is 5.73 Å². The molecule has 0 aliphatic heterocycles. The van der Waals surface area contributed by atoms with Crippen LogP contribution in [0.5, 0.6) is 0 Å². The maximum absolute atomic E-state index is 10.8. The van der Waals surface area contributed by atoms with Crippen molar-refractivity contribution in [3.63, 3.8) is 0 Å². The lowest BCUT2D eigenvalue weighted by atomic mass is 10.1. The lowest BCUT2D eigenvalue weighted by molar-refractivity contribution is -0.158. The molecule has 11 nitrogen and oxygen atoms in total. The molecule has 0 saturated carbocycles. The summed E-state index contributed by atoms with van der Waals surface area (Å²) in [6.45, 7) is -0.247. The largest absolute Gasteiger partial charge is 0.478 e. The van der Waals surface area contributed by atoms with E-state index in [0.717, 1.165) is 4.90 Å². The summed E-state index contributed by atoms with van der Waals surface area (Å²) in [7, 11) is -9.07. The van der Waals surface area contributed by atoms with E-state index in [2.05, 4.69) is 0 Å². The second kappa shape index (κ2) is 7.08. The summed E-state index contributed by atoms with van der Waals surface area (Å²) in [4.78, 5) is 46.4. The summed E-state index contributed by atoms with van der Waals surface area (Å²) in [6.07, 6.45) is -2.36. The minimum absolute atomic E-state index is 0.126. The van der Waals surface area contributed by atoms with Gasteiger partial charge in [-0.2, -0.15) is 0 Å². The van der Waals surface area contributed by atoms with Gasteiger partial charge in [0, 0.05) is 6.42 Å². The predicted molar refractivity (Wildman–Crippen MR) is 66.5 cm³/mol. The Bertz CT molecular complexity index is 404. The number of nitrogens with two attached hydrogens (primary N) is 1. The Hall–Kier alpha value is -0.350. The van der Waals surface area contributed by atoms with Crippen LogP contribution in [-0.2, 0) is 13.9 Å².